The molecular weight excluding hydrogens is 411 g/mol. The molecule has 30 heavy (non-hydrogen) atoms. The maximum absolute atomic E-state index is 6.15. The summed E-state index contributed by atoms with van der Waals surface area (Å²) in [6, 6.07) is 2.33. The first-order chi connectivity index (χ1) is 14.5. The lowest BCUT2D eigenvalue weighted by molar-refractivity contribution is -0.146. The maximum atomic E-state index is 6.15. The van der Waals surface area contributed by atoms with E-state index in [4.69, 9.17) is 20.7 Å². The van der Waals surface area contributed by atoms with Crippen molar-refractivity contribution in [3.05, 3.63) is 40.5 Å². The molecule has 1 unspecified atom stereocenters. The van der Waals surface area contributed by atoms with Crippen molar-refractivity contribution < 1.29 is 9.47 Å². The number of benzene rings is 1. The van der Waals surface area contributed by atoms with Crippen LogP contribution in [-0.4, -0.2) is 19.5 Å². The Kier molecular flexibility index (Phi) is 15.8. The predicted octanol–water partition coefficient (Wildman–Crippen LogP) is 8.08. The SMILES string of the molecule is CCCOC(CCCCC/C=C\CCCc1cc(PCl)c(C)c(C)c1C)OCCC. The summed E-state index contributed by atoms with van der Waals surface area (Å²) in [6.07, 6.45) is 16.2. The first kappa shape index (κ1) is 27.6. The van der Waals surface area contributed by atoms with E-state index in [0.29, 0.717) is 7.93 Å². The molecule has 1 atom stereocenters. The Morgan fingerprint density at radius 3 is 2.10 bits per heavy atom. The Morgan fingerprint density at radius 1 is 0.867 bits per heavy atom. The quantitative estimate of drug-likeness (QED) is 0.102. The highest BCUT2D eigenvalue weighted by atomic mass is 35.7. The molecule has 0 radical (unpaired) electrons. The van der Waals surface area contributed by atoms with Crippen molar-refractivity contribution in [2.75, 3.05) is 13.2 Å². The third kappa shape index (κ3) is 10.8. The van der Waals surface area contributed by atoms with E-state index in [0.717, 1.165) is 45.3 Å². The molecule has 1 aromatic carbocycles. The molecule has 0 fully saturated rings. The zero-order valence-electron chi connectivity index (χ0n) is 20.0. The van der Waals surface area contributed by atoms with Crippen LogP contribution in [0.2, 0.25) is 0 Å². The highest BCUT2D eigenvalue weighted by Gasteiger charge is 2.09. The van der Waals surface area contributed by atoms with Crippen LogP contribution >= 0.6 is 19.2 Å². The van der Waals surface area contributed by atoms with Gasteiger partial charge in [0, 0.05) is 21.1 Å². The van der Waals surface area contributed by atoms with Gasteiger partial charge in [-0.1, -0.05) is 43.7 Å². The molecule has 172 valence electrons. The Morgan fingerprint density at radius 2 is 1.50 bits per heavy atom. The van der Waals surface area contributed by atoms with E-state index in [1.54, 1.807) is 0 Å². The van der Waals surface area contributed by atoms with Crippen LogP contribution in [0.15, 0.2) is 18.2 Å². The van der Waals surface area contributed by atoms with Crippen molar-refractivity contribution in [2.24, 2.45) is 0 Å². The number of aryl methyl sites for hydroxylation is 1. The van der Waals surface area contributed by atoms with Crippen molar-refractivity contribution in [1.29, 1.82) is 0 Å². The number of hydrogen-bond donors (Lipinski definition) is 0. The summed E-state index contributed by atoms with van der Waals surface area (Å²) in [6.45, 7) is 12.5. The number of unbranched alkanes of at least 4 members (excludes halogenated alkanes) is 4. The van der Waals surface area contributed by atoms with E-state index in [-0.39, 0.29) is 6.29 Å². The van der Waals surface area contributed by atoms with Crippen molar-refractivity contribution in [2.45, 2.75) is 105 Å². The molecule has 0 bridgehead atoms. The van der Waals surface area contributed by atoms with Gasteiger partial charge >= 0.3 is 0 Å². The third-order valence-corrected chi connectivity index (χ3v) is 7.07. The van der Waals surface area contributed by atoms with Gasteiger partial charge in [-0.05, 0) is 112 Å². The molecule has 0 saturated heterocycles. The van der Waals surface area contributed by atoms with Gasteiger partial charge < -0.3 is 9.47 Å². The van der Waals surface area contributed by atoms with Crippen LogP contribution in [0.4, 0.5) is 0 Å². The molecule has 0 saturated carbocycles. The van der Waals surface area contributed by atoms with E-state index in [1.165, 1.54) is 59.7 Å². The molecular formula is C26H44ClO2P. The summed E-state index contributed by atoms with van der Waals surface area (Å²) in [4.78, 5) is 0. The first-order valence-electron chi connectivity index (χ1n) is 11.9. The highest BCUT2D eigenvalue weighted by molar-refractivity contribution is 7.75. The second-order valence-electron chi connectivity index (χ2n) is 8.23. The van der Waals surface area contributed by atoms with Gasteiger partial charge in [0.15, 0.2) is 6.29 Å². The van der Waals surface area contributed by atoms with Gasteiger partial charge in [-0.2, -0.15) is 0 Å². The minimum atomic E-state index is -0.00541. The molecule has 1 aromatic rings. The molecule has 0 heterocycles. The van der Waals surface area contributed by atoms with Crippen LogP contribution in [0.3, 0.4) is 0 Å². The first-order valence-corrected chi connectivity index (χ1v) is 13.9. The summed E-state index contributed by atoms with van der Waals surface area (Å²) in [5, 5.41) is 1.31. The second-order valence-corrected chi connectivity index (χ2v) is 9.52. The average Bonchev–Trinajstić information content (AvgIpc) is 2.76. The van der Waals surface area contributed by atoms with Crippen LogP contribution < -0.4 is 5.30 Å². The number of rotatable bonds is 17. The third-order valence-electron chi connectivity index (χ3n) is 5.74. The van der Waals surface area contributed by atoms with Crippen LogP contribution in [0.1, 0.15) is 93.9 Å². The fraction of sp³-hybridized carbons (Fsp3) is 0.692. The second kappa shape index (κ2) is 17.2. The zero-order chi connectivity index (χ0) is 22.2. The van der Waals surface area contributed by atoms with Gasteiger partial charge in [-0.3, -0.25) is 0 Å². The lowest BCUT2D eigenvalue weighted by Crippen LogP contribution is -2.18. The molecule has 0 aliphatic carbocycles. The summed E-state index contributed by atoms with van der Waals surface area (Å²) in [5.41, 5.74) is 5.69. The smallest absolute Gasteiger partial charge is 0.157 e. The van der Waals surface area contributed by atoms with Gasteiger partial charge in [0.1, 0.15) is 0 Å². The van der Waals surface area contributed by atoms with Gasteiger partial charge in [0.2, 0.25) is 0 Å². The normalized spacial score (nSPS) is 12.2. The van der Waals surface area contributed by atoms with Crippen LogP contribution in [0, 0.1) is 20.8 Å². The summed E-state index contributed by atoms with van der Waals surface area (Å²) in [7, 11) is 0.363. The van der Waals surface area contributed by atoms with E-state index in [2.05, 4.69) is 52.8 Å². The summed E-state index contributed by atoms with van der Waals surface area (Å²) >= 11 is 6.15. The Balaban J connectivity index is 2.20. The predicted molar refractivity (Wildman–Crippen MR) is 136 cm³/mol. The van der Waals surface area contributed by atoms with Gasteiger partial charge in [0.25, 0.3) is 0 Å². The van der Waals surface area contributed by atoms with Gasteiger partial charge in [-0.25, -0.2) is 0 Å². The van der Waals surface area contributed by atoms with Gasteiger partial charge in [0.05, 0.1) is 0 Å². The Labute approximate surface area is 192 Å². The average molecular weight is 455 g/mol. The summed E-state index contributed by atoms with van der Waals surface area (Å²) < 4.78 is 11.6. The van der Waals surface area contributed by atoms with E-state index in [1.807, 2.05) is 0 Å². The van der Waals surface area contributed by atoms with Crippen molar-refractivity contribution in [3.63, 3.8) is 0 Å². The molecule has 0 aliphatic rings. The van der Waals surface area contributed by atoms with Crippen LogP contribution in [0.5, 0.6) is 0 Å². The summed E-state index contributed by atoms with van der Waals surface area (Å²) in [5.74, 6) is 0. The Bertz CT molecular complexity index is 608. The molecule has 1 rings (SSSR count). The van der Waals surface area contributed by atoms with Crippen molar-refractivity contribution in [1.82, 2.24) is 0 Å². The minimum Gasteiger partial charge on any atom is -0.353 e. The monoisotopic (exact) mass is 454 g/mol. The number of halogens is 1. The minimum absolute atomic E-state index is 0.00541. The standard InChI is InChI=1S/C26H44ClO2P/c1-6-18-28-26(29-19-7-2)17-15-13-11-9-8-10-12-14-16-24-20-25(30-27)23(5)21(3)22(24)4/h8,10,20,26,30H,6-7,9,11-19H2,1-5H3/b10-8-. The largest absolute Gasteiger partial charge is 0.353 e. The molecule has 2 nitrogen and oxygen atoms in total. The lowest BCUT2D eigenvalue weighted by Gasteiger charge is -2.17. The van der Waals surface area contributed by atoms with E-state index in [9.17, 15) is 0 Å². The molecule has 0 N–H and O–H groups in total. The van der Waals surface area contributed by atoms with Crippen LogP contribution in [-0.2, 0) is 15.9 Å². The number of ether oxygens (including phenoxy) is 2. The fourth-order valence-corrected chi connectivity index (χ4v) is 4.73. The fourth-order valence-electron chi connectivity index (χ4n) is 3.58. The van der Waals surface area contributed by atoms with Crippen LogP contribution in [0.25, 0.3) is 0 Å². The maximum Gasteiger partial charge on any atom is 0.157 e. The van der Waals surface area contributed by atoms with Crippen molar-refractivity contribution >= 4 is 24.5 Å². The Hall–Kier alpha value is -0.400. The van der Waals surface area contributed by atoms with E-state index >= 15 is 0 Å². The molecule has 0 amide bonds. The molecule has 0 spiro atoms. The van der Waals surface area contributed by atoms with E-state index < -0.39 is 0 Å². The number of allylic oxidation sites excluding steroid dienone is 2. The molecule has 0 aliphatic heterocycles. The van der Waals surface area contributed by atoms with Crippen molar-refractivity contribution in [3.8, 4) is 0 Å². The number of hydrogen-bond acceptors (Lipinski definition) is 2. The topological polar surface area (TPSA) is 18.5 Å². The lowest BCUT2D eigenvalue weighted by atomic mass is 9.95. The highest BCUT2D eigenvalue weighted by Crippen LogP contribution is 2.25. The van der Waals surface area contributed by atoms with Gasteiger partial charge in [-0.15, -0.1) is 0 Å². The zero-order valence-corrected chi connectivity index (χ0v) is 21.7. The molecule has 4 heteroatoms. The molecule has 0 aromatic heterocycles.